The molecule has 0 unspecified atom stereocenters. The molecule has 1 aliphatic rings. The molecule has 0 aromatic heterocycles. The molecule has 3 rings (SSSR count). The summed E-state index contributed by atoms with van der Waals surface area (Å²) >= 11 is 0. The highest BCUT2D eigenvalue weighted by molar-refractivity contribution is 5.40. The molecular formula is C19H22O2. The molecule has 2 aromatic rings. The van der Waals surface area contributed by atoms with Crippen molar-refractivity contribution in [3.63, 3.8) is 0 Å². The van der Waals surface area contributed by atoms with Crippen LogP contribution in [0.4, 0.5) is 0 Å². The minimum atomic E-state index is -0.214. The third kappa shape index (κ3) is 2.74. The standard InChI is InChI=1S/C19H22O2/c1-15(2)18-20-13-19(14-21-18,16-9-5-3-6-10-16)17-11-7-4-8-12-17/h3-12,15,18H,13-14H2,1-2H3. The van der Waals surface area contributed by atoms with E-state index in [1.807, 2.05) is 12.1 Å². The van der Waals surface area contributed by atoms with E-state index in [-0.39, 0.29) is 11.7 Å². The zero-order chi connectivity index (χ0) is 14.7. The van der Waals surface area contributed by atoms with Crippen molar-refractivity contribution >= 4 is 0 Å². The van der Waals surface area contributed by atoms with E-state index in [4.69, 9.17) is 9.47 Å². The summed E-state index contributed by atoms with van der Waals surface area (Å²) in [5, 5.41) is 0. The first-order valence-electron chi connectivity index (χ1n) is 7.57. The van der Waals surface area contributed by atoms with Gasteiger partial charge < -0.3 is 9.47 Å². The van der Waals surface area contributed by atoms with E-state index >= 15 is 0 Å². The molecule has 0 aliphatic carbocycles. The molecule has 0 spiro atoms. The highest BCUT2D eigenvalue weighted by Gasteiger charge is 2.40. The lowest BCUT2D eigenvalue weighted by Crippen LogP contribution is -2.47. The van der Waals surface area contributed by atoms with Crippen LogP contribution in [0, 0.1) is 5.92 Å². The summed E-state index contributed by atoms with van der Waals surface area (Å²) in [5.41, 5.74) is 2.28. The fraction of sp³-hybridized carbons (Fsp3) is 0.368. The van der Waals surface area contributed by atoms with E-state index in [1.165, 1.54) is 11.1 Å². The minimum Gasteiger partial charge on any atom is -0.351 e. The molecule has 0 amide bonds. The molecule has 1 fully saturated rings. The molecule has 2 heteroatoms. The second-order valence-electron chi connectivity index (χ2n) is 6.05. The first kappa shape index (κ1) is 14.3. The van der Waals surface area contributed by atoms with Crippen LogP contribution in [0.1, 0.15) is 25.0 Å². The van der Waals surface area contributed by atoms with Crippen molar-refractivity contribution < 1.29 is 9.47 Å². The predicted octanol–water partition coefficient (Wildman–Crippen LogP) is 4.00. The number of benzene rings is 2. The van der Waals surface area contributed by atoms with Crippen LogP contribution < -0.4 is 0 Å². The van der Waals surface area contributed by atoms with Crippen LogP contribution in [0.2, 0.25) is 0 Å². The Morgan fingerprint density at radius 1 is 0.810 bits per heavy atom. The zero-order valence-electron chi connectivity index (χ0n) is 12.7. The maximum atomic E-state index is 6.04. The third-order valence-electron chi connectivity index (χ3n) is 4.19. The number of rotatable bonds is 3. The van der Waals surface area contributed by atoms with Gasteiger partial charge in [0.05, 0.1) is 18.6 Å². The summed E-state index contributed by atoms with van der Waals surface area (Å²) in [5.74, 6) is 0.370. The Bertz CT molecular complexity index is 513. The average molecular weight is 282 g/mol. The van der Waals surface area contributed by atoms with Gasteiger partial charge in [-0.05, 0) is 11.1 Å². The Balaban J connectivity index is 1.98. The molecular weight excluding hydrogens is 260 g/mol. The van der Waals surface area contributed by atoms with Crippen molar-refractivity contribution in [1.82, 2.24) is 0 Å². The summed E-state index contributed by atoms with van der Waals surface area (Å²) in [7, 11) is 0. The van der Waals surface area contributed by atoms with E-state index in [9.17, 15) is 0 Å². The van der Waals surface area contributed by atoms with Crippen LogP contribution >= 0.6 is 0 Å². The molecule has 0 N–H and O–H groups in total. The van der Waals surface area contributed by atoms with Gasteiger partial charge in [-0.3, -0.25) is 0 Å². The molecule has 110 valence electrons. The molecule has 1 heterocycles. The van der Waals surface area contributed by atoms with Crippen molar-refractivity contribution in [3.8, 4) is 0 Å². The summed E-state index contributed by atoms with van der Waals surface area (Å²) in [6, 6.07) is 21.1. The molecule has 0 radical (unpaired) electrons. The SMILES string of the molecule is CC(C)C1OCC(c2ccccc2)(c2ccccc2)CO1. The van der Waals surface area contributed by atoms with E-state index in [2.05, 4.69) is 62.4 Å². The molecule has 1 saturated heterocycles. The smallest absolute Gasteiger partial charge is 0.159 e. The van der Waals surface area contributed by atoms with Gasteiger partial charge in [0.25, 0.3) is 0 Å². The van der Waals surface area contributed by atoms with Gasteiger partial charge in [-0.2, -0.15) is 0 Å². The minimum absolute atomic E-state index is 0.106. The summed E-state index contributed by atoms with van der Waals surface area (Å²) in [4.78, 5) is 0. The number of ether oxygens (including phenoxy) is 2. The maximum Gasteiger partial charge on any atom is 0.159 e. The van der Waals surface area contributed by atoms with Crippen molar-refractivity contribution in [3.05, 3.63) is 71.8 Å². The van der Waals surface area contributed by atoms with E-state index in [0.29, 0.717) is 19.1 Å². The van der Waals surface area contributed by atoms with Crippen LogP contribution in [0.3, 0.4) is 0 Å². The molecule has 0 bridgehead atoms. The fourth-order valence-electron chi connectivity index (χ4n) is 2.94. The first-order valence-corrected chi connectivity index (χ1v) is 7.57. The number of hydrogen-bond acceptors (Lipinski definition) is 2. The molecule has 2 nitrogen and oxygen atoms in total. The molecule has 21 heavy (non-hydrogen) atoms. The quantitative estimate of drug-likeness (QED) is 0.847. The maximum absolute atomic E-state index is 6.04. The van der Waals surface area contributed by atoms with Crippen LogP contribution in [-0.4, -0.2) is 19.5 Å². The lowest BCUT2D eigenvalue weighted by molar-refractivity contribution is -0.221. The highest BCUT2D eigenvalue weighted by Crippen LogP contribution is 2.37. The zero-order valence-corrected chi connectivity index (χ0v) is 12.7. The van der Waals surface area contributed by atoms with Crippen LogP contribution in [0.25, 0.3) is 0 Å². The molecule has 2 aromatic carbocycles. The lowest BCUT2D eigenvalue weighted by Gasteiger charge is -2.42. The predicted molar refractivity (Wildman–Crippen MR) is 84.2 cm³/mol. The monoisotopic (exact) mass is 282 g/mol. The lowest BCUT2D eigenvalue weighted by atomic mass is 9.75. The highest BCUT2D eigenvalue weighted by atomic mass is 16.7. The van der Waals surface area contributed by atoms with Crippen LogP contribution in [-0.2, 0) is 14.9 Å². The molecule has 1 aliphatic heterocycles. The molecule has 0 saturated carbocycles. The van der Waals surface area contributed by atoms with E-state index in [1.54, 1.807) is 0 Å². The summed E-state index contributed by atoms with van der Waals surface area (Å²) < 4.78 is 12.1. The molecule has 0 atom stereocenters. The van der Waals surface area contributed by atoms with Gasteiger partial charge in [-0.25, -0.2) is 0 Å². The van der Waals surface area contributed by atoms with Crippen LogP contribution in [0.15, 0.2) is 60.7 Å². The summed E-state index contributed by atoms with van der Waals surface area (Å²) in [6.45, 7) is 5.57. The van der Waals surface area contributed by atoms with Gasteiger partial charge in [0.1, 0.15) is 0 Å². The largest absolute Gasteiger partial charge is 0.351 e. The Kier molecular flexibility index (Phi) is 4.09. The Hall–Kier alpha value is -1.64. The van der Waals surface area contributed by atoms with E-state index in [0.717, 1.165) is 0 Å². The van der Waals surface area contributed by atoms with Gasteiger partial charge in [-0.15, -0.1) is 0 Å². The van der Waals surface area contributed by atoms with E-state index < -0.39 is 0 Å². The fourth-order valence-corrected chi connectivity index (χ4v) is 2.94. The number of hydrogen-bond donors (Lipinski definition) is 0. The van der Waals surface area contributed by atoms with Gasteiger partial charge in [0, 0.05) is 5.92 Å². The average Bonchev–Trinajstić information content (AvgIpc) is 2.56. The second-order valence-corrected chi connectivity index (χ2v) is 6.05. The van der Waals surface area contributed by atoms with Gasteiger partial charge in [0.2, 0.25) is 0 Å². The van der Waals surface area contributed by atoms with Gasteiger partial charge in [-0.1, -0.05) is 74.5 Å². The second kappa shape index (κ2) is 6.00. The Labute approximate surface area is 126 Å². The van der Waals surface area contributed by atoms with Crippen molar-refractivity contribution in [2.45, 2.75) is 25.6 Å². The topological polar surface area (TPSA) is 18.5 Å². The van der Waals surface area contributed by atoms with Crippen LogP contribution in [0.5, 0.6) is 0 Å². The van der Waals surface area contributed by atoms with Gasteiger partial charge in [0.15, 0.2) is 6.29 Å². The van der Waals surface area contributed by atoms with Crippen molar-refractivity contribution in [1.29, 1.82) is 0 Å². The van der Waals surface area contributed by atoms with Crippen molar-refractivity contribution in [2.24, 2.45) is 5.92 Å². The first-order chi connectivity index (χ1) is 10.2. The van der Waals surface area contributed by atoms with Crippen molar-refractivity contribution in [2.75, 3.05) is 13.2 Å². The summed E-state index contributed by atoms with van der Waals surface area (Å²) in [6.07, 6.45) is -0.106. The van der Waals surface area contributed by atoms with Gasteiger partial charge >= 0.3 is 0 Å². The Morgan fingerprint density at radius 2 is 1.24 bits per heavy atom. The normalized spacial score (nSPS) is 18.8. The third-order valence-corrected chi connectivity index (χ3v) is 4.19. The Morgan fingerprint density at radius 3 is 1.62 bits per heavy atom.